The molecular formula is C10H20O. The van der Waals surface area contributed by atoms with Gasteiger partial charge in [-0.2, -0.15) is 0 Å². The number of hydrogen-bond donors (Lipinski definition) is 0. The normalized spacial score (nSPS) is 22.1. The first-order valence-corrected chi connectivity index (χ1v) is 4.74. The van der Waals surface area contributed by atoms with Gasteiger partial charge in [-0.25, -0.2) is 0 Å². The fraction of sp³-hybridized carbons (Fsp3) is 1.00. The Bertz CT molecular complexity index is 112. The number of ether oxygens (including phenoxy) is 1. The summed E-state index contributed by atoms with van der Waals surface area (Å²) in [4.78, 5) is 0. The first kappa shape index (κ1) is 9.05. The van der Waals surface area contributed by atoms with Crippen LogP contribution in [0.4, 0.5) is 0 Å². The zero-order valence-electron chi connectivity index (χ0n) is 8.02. The quantitative estimate of drug-likeness (QED) is 0.597. The average Bonchev–Trinajstić information content (AvgIpc) is 2.06. The van der Waals surface area contributed by atoms with Crippen LogP contribution >= 0.6 is 0 Å². The molecule has 1 aliphatic heterocycles. The van der Waals surface area contributed by atoms with Crippen molar-refractivity contribution in [1.29, 1.82) is 0 Å². The fourth-order valence-electron chi connectivity index (χ4n) is 1.77. The van der Waals surface area contributed by atoms with E-state index in [1.165, 1.54) is 19.3 Å². The Morgan fingerprint density at radius 3 is 2.27 bits per heavy atom. The van der Waals surface area contributed by atoms with Gasteiger partial charge in [-0.15, -0.1) is 0 Å². The number of rotatable bonds is 2. The summed E-state index contributed by atoms with van der Waals surface area (Å²) < 4.78 is 5.34. The SMILES string of the molecule is CCC(C)(C)C1CCOCC1. The lowest BCUT2D eigenvalue weighted by atomic mass is 9.73. The molecule has 66 valence electrons. The molecule has 0 unspecified atom stereocenters. The third kappa shape index (κ3) is 2.19. The summed E-state index contributed by atoms with van der Waals surface area (Å²) in [5.74, 6) is 0.890. The largest absolute Gasteiger partial charge is 0.381 e. The molecule has 1 saturated heterocycles. The van der Waals surface area contributed by atoms with Crippen LogP contribution in [0, 0.1) is 11.3 Å². The van der Waals surface area contributed by atoms with Crippen molar-refractivity contribution in [1.82, 2.24) is 0 Å². The minimum absolute atomic E-state index is 0.532. The van der Waals surface area contributed by atoms with Crippen molar-refractivity contribution in [2.75, 3.05) is 13.2 Å². The van der Waals surface area contributed by atoms with Crippen LogP contribution in [-0.2, 0) is 4.74 Å². The van der Waals surface area contributed by atoms with E-state index in [-0.39, 0.29) is 0 Å². The molecule has 0 aromatic rings. The average molecular weight is 156 g/mol. The molecule has 0 aromatic carbocycles. The van der Waals surface area contributed by atoms with Gasteiger partial charge in [0.1, 0.15) is 0 Å². The van der Waals surface area contributed by atoms with E-state index < -0.39 is 0 Å². The summed E-state index contributed by atoms with van der Waals surface area (Å²) in [6, 6.07) is 0. The Labute approximate surface area is 70.1 Å². The van der Waals surface area contributed by atoms with Crippen molar-refractivity contribution in [3.63, 3.8) is 0 Å². The molecule has 0 spiro atoms. The van der Waals surface area contributed by atoms with Gasteiger partial charge in [-0.1, -0.05) is 27.2 Å². The zero-order valence-corrected chi connectivity index (χ0v) is 8.02. The molecule has 0 amide bonds. The van der Waals surface area contributed by atoms with Crippen molar-refractivity contribution in [2.45, 2.75) is 40.0 Å². The molecule has 0 saturated carbocycles. The first-order valence-electron chi connectivity index (χ1n) is 4.74. The van der Waals surface area contributed by atoms with Gasteiger partial charge in [-0.3, -0.25) is 0 Å². The van der Waals surface area contributed by atoms with Gasteiger partial charge in [0.2, 0.25) is 0 Å². The monoisotopic (exact) mass is 156 g/mol. The zero-order chi connectivity index (χ0) is 8.32. The molecule has 1 fully saturated rings. The van der Waals surface area contributed by atoms with Crippen molar-refractivity contribution in [3.05, 3.63) is 0 Å². The predicted octanol–water partition coefficient (Wildman–Crippen LogP) is 2.85. The lowest BCUT2D eigenvalue weighted by molar-refractivity contribution is 0.0214. The molecule has 0 aliphatic carbocycles. The van der Waals surface area contributed by atoms with Gasteiger partial charge >= 0.3 is 0 Å². The third-order valence-electron chi connectivity index (χ3n) is 3.24. The highest BCUT2D eigenvalue weighted by Gasteiger charge is 2.28. The first-order chi connectivity index (χ1) is 5.17. The molecule has 11 heavy (non-hydrogen) atoms. The minimum Gasteiger partial charge on any atom is -0.381 e. The van der Waals surface area contributed by atoms with Crippen molar-refractivity contribution in [3.8, 4) is 0 Å². The van der Waals surface area contributed by atoms with Gasteiger partial charge < -0.3 is 4.74 Å². The Morgan fingerprint density at radius 1 is 1.27 bits per heavy atom. The van der Waals surface area contributed by atoms with Crippen LogP contribution in [0.5, 0.6) is 0 Å². The fourth-order valence-corrected chi connectivity index (χ4v) is 1.77. The summed E-state index contributed by atoms with van der Waals surface area (Å²) in [5, 5.41) is 0. The van der Waals surface area contributed by atoms with E-state index >= 15 is 0 Å². The summed E-state index contributed by atoms with van der Waals surface area (Å²) in [6.07, 6.45) is 3.82. The molecule has 0 N–H and O–H groups in total. The minimum atomic E-state index is 0.532. The summed E-state index contributed by atoms with van der Waals surface area (Å²) in [6.45, 7) is 9.00. The van der Waals surface area contributed by atoms with E-state index in [0.29, 0.717) is 5.41 Å². The lowest BCUT2D eigenvalue weighted by Gasteiger charge is -2.36. The van der Waals surface area contributed by atoms with E-state index in [1.54, 1.807) is 0 Å². The van der Waals surface area contributed by atoms with Crippen LogP contribution in [-0.4, -0.2) is 13.2 Å². The molecule has 0 bridgehead atoms. The third-order valence-corrected chi connectivity index (χ3v) is 3.24. The Hall–Kier alpha value is -0.0400. The van der Waals surface area contributed by atoms with Crippen LogP contribution in [0.3, 0.4) is 0 Å². The van der Waals surface area contributed by atoms with Gasteiger partial charge in [-0.05, 0) is 24.2 Å². The van der Waals surface area contributed by atoms with Crippen LogP contribution in [0.1, 0.15) is 40.0 Å². The number of hydrogen-bond acceptors (Lipinski definition) is 1. The summed E-state index contributed by atoms with van der Waals surface area (Å²) >= 11 is 0. The Kier molecular flexibility index (Phi) is 2.94. The Balaban J connectivity index is 2.43. The summed E-state index contributed by atoms with van der Waals surface area (Å²) in [7, 11) is 0. The second kappa shape index (κ2) is 3.57. The van der Waals surface area contributed by atoms with E-state index in [4.69, 9.17) is 4.74 Å². The standard InChI is InChI=1S/C10H20O/c1-4-10(2,3)9-5-7-11-8-6-9/h9H,4-8H2,1-3H3. The molecule has 0 radical (unpaired) electrons. The van der Waals surface area contributed by atoms with Crippen LogP contribution in [0.2, 0.25) is 0 Å². The van der Waals surface area contributed by atoms with Gasteiger partial charge in [0.25, 0.3) is 0 Å². The maximum atomic E-state index is 5.34. The van der Waals surface area contributed by atoms with E-state index in [0.717, 1.165) is 19.1 Å². The second-order valence-corrected chi connectivity index (χ2v) is 4.23. The molecule has 1 nitrogen and oxygen atoms in total. The molecule has 1 rings (SSSR count). The second-order valence-electron chi connectivity index (χ2n) is 4.23. The van der Waals surface area contributed by atoms with Gasteiger partial charge in [0.15, 0.2) is 0 Å². The maximum Gasteiger partial charge on any atom is 0.0468 e. The van der Waals surface area contributed by atoms with Crippen LogP contribution in [0.25, 0.3) is 0 Å². The molecule has 1 aliphatic rings. The van der Waals surface area contributed by atoms with E-state index in [9.17, 15) is 0 Å². The van der Waals surface area contributed by atoms with Gasteiger partial charge in [0, 0.05) is 13.2 Å². The van der Waals surface area contributed by atoms with Crippen molar-refractivity contribution >= 4 is 0 Å². The molecule has 1 heterocycles. The smallest absolute Gasteiger partial charge is 0.0468 e. The highest BCUT2D eigenvalue weighted by molar-refractivity contribution is 4.78. The molecule has 0 atom stereocenters. The highest BCUT2D eigenvalue weighted by atomic mass is 16.5. The van der Waals surface area contributed by atoms with E-state index in [1.807, 2.05) is 0 Å². The predicted molar refractivity (Wildman–Crippen MR) is 47.6 cm³/mol. The maximum absolute atomic E-state index is 5.34. The van der Waals surface area contributed by atoms with E-state index in [2.05, 4.69) is 20.8 Å². The lowest BCUT2D eigenvalue weighted by Crippen LogP contribution is -2.29. The molecule has 0 aromatic heterocycles. The van der Waals surface area contributed by atoms with Crippen LogP contribution in [0.15, 0.2) is 0 Å². The molecular weight excluding hydrogens is 136 g/mol. The molecule has 1 heteroatoms. The summed E-state index contributed by atoms with van der Waals surface area (Å²) in [5.41, 5.74) is 0.532. The topological polar surface area (TPSA) is 9.23 Å². The Morgan fingerprint density at radius 2 is 1.82 bits per heavy atom. The van der Waals surface area contributed by atoms with Crippen LogP contribution < -0.4 is 0 Å². The highest BCUT2D eigenvalue weighted by Crippen LogP contribution is 2.36. The van der Waals surface area contributed by atoms with Crippen molar-refractivity contribution < 1.29 is 4.74 Å². The van der Waals surface area contributed by atoms with Gasteiger partial charge in [0.05, 0.1) is 0 Å². The van der Waals surface area contributed by atoms with Crippen molar-refractivity contribution in [2.24, 2.45) is 11.3 Å².